The molecule has 0 spiro atoms. The van der Waals surface area contributed by atoms with Crippen LogP contribution in [0, 0.1) is 20.8 Å². The van der Waals surface area contributed by atoms with Crippen molar-refractivity contribution in [3.63, 3.8) is 0 Å². The van der Waals surface area contributed by atoms with Gasteiger partial charge in [-0.15, -0.1) is 0 Å². The van der Waals surface area contributed by atoms with Gasteiger partial charge in [-0.3, -0.25) is 0 Å². The molecule has 0 amide bonds. The second-order valence-electron chi connectivity index (χ2n) is 3.91. The molecular formula is C11H14N4O. The number of tetrazole rings is 1. The van der Waals surface area contributed by atoms with Gasteiger partial charge >= 0.3 is 6.01 Å². The molecule has 5 heteroatoms. The minimum absolute atomic E-state index is 0.398. The molecule has 0 bridgehead atoms. The molecule has 1 heterocycles. The highest BCUT2D eigenvalue weighted by Crippen LogP contribution is 2.27. The summed E-state index contributed by atoms with van der Waals surface area (Å²) in [5.74, 6) is 0.823. The van der Waals surface area contributed by atoms with E-state index >= 15 is 0 Å². The molecule has 0 fully saturated rings. The number of ether oxygens (including phenoxy) is 1. The van der Waals surface area contributed by atoms with Crippen LogP contribution in [-0.4, -0.2) is 20.2 Å². The van der Waals surface area contributed by atoms with Crippen molar-refractivity contribution in [2.45, 2.75) is 20.8 Å². The monoisotopic (exact) mass is 218 g/mol. The molecule has 0 unspecified atom stereocenters. The molecule has 2 aromatic rings. The molecule has 84 valence electrons. The average Bonchev–Trinajstić information content (AvgIpc) is 2.57. The number of nitrogens with zero attached hydrogens (tertiary/aromatic N) is 4. The summed E-state index contributed by atoms with van der Waals surface area (Å²) >= 11 is 0. The van der Waals surface area contributed by atoms with Gasteiger partial charge in [0.05, 0.1) is 0 Å². The van der Waals surface area contributed by atoms with Gasteiger partial charge in [-0.25, -0.2) is 0 Å². The van der Waals surface area contributed by atoms with Crippen LogP contribution in [0.2, 0.25) is 0 Å². The molecule has 0 aliphatic carbocycles. The zero-order chi connectivity index (χ0) is 11.7. The predicted octanol–water partition coefficient (Wildman–Crippen LogP) is 1.93. The molecule has 0 aliphatic heterocycles. The highest BCUT2D eigenvalue weighted by Gasteiger charge is 2.10. The summed E-state index contributed by atoms with van der Waals surface area (Å²) in [6.45, 7) is 6.09. The Morgan fingerprint density at radius 3 is 2.25 bits per heavy atom. The summed E-state index contributed by atoms with van der Waals surface area (Å²) in [5, 5.41) is 11.0. The fourth-order valence-electron chi connectivity index (χ4n) is 1.73. The van der Waals surface area contributed by atoms with Crippen LogP contribution in [0.25, 0.3) is 0 Å². The predicted molar refractivity (Wildman–Crippen MR) is 59.5 cm³/mol. The molecule has 0 saturated carbocycles. The van der Waals surface area contributed by atoms with E-state index in [0.717, 1.165) is 16.9 Å². The number of benzene rings is 1. The molecule has 0 N–H and O–H groups in total. The van der Waals surface area contributed by atoms with Crippen molar-refractivity contribution in [1.82, 2.24) is 20.2 Å². The molecule has 2 rings (SSSR count). The summed E-state index contributed by atoms with van der Waals surface area (Å²) in [7, 11) is 1.74. The fourth-order valence-corrected chi connectivity index (χ4v) is 1.73. The van der Waals surface area contributed by atoms with Crippen molar-refractivity contribution in [2.75, 3.05) is 0 Å². The highest BCUT2D eigenvalue weighted by molar-refractivity contribution is 5.44. The fraction of sp³-hybridized carbons (Fsp3) is 0.364. The average molecular weight is 218 g/mol. The number of rotatable bonds is 2. The third-order valence-electron chi connectivity index (χ3n) is 2.38. The standard InChI is InChI=1S/C11H14N4O/c1-7-5-8(2)10(9(3)6-7)16-11-12-13-14-15(11)4/h5-6H,1-4H3. The first kappa shape index (κ1) is 10.6. The molecule has 0 atom stereocenters. The molecule has 0 saturated heterocycles. The maximum absolute atomic E-state index is 5.69. The van der Waals surface area contributed by atoms with Gasteiger partial charge in [0.15, 0.2) is 0 Å². The van der Waals surface area contributed by atoms with E-state index in [2.05, 4.69) is 34.6 Å². The van der Waals surface area contributed by atoms with Crippen molar-refractivity contribution in [1.29, 1.82) is 0 Å². The van der Waals surface area contributed by atoms with Gasteiger partial charge in [-0.2, -0.15) is 4.68 Å². The van der Waals surface area contributed by atoms with Crippen LogP contribution >= 0.6 is 0 Å². The number of hydrogen-bond acceptors (Lipinski definition) is 4. The van der Waals surface area contributed by atoms with Crippen molar-refractivity contribution in [2.24, 2.45) is 7.05 Å². The van der Waals surface area contributed by atoms with Crippen LogP contribution in [0.15, 0.2) is 12.1 Å². The lowest BCUT2D eigenvalue weighted by Crippen LogP contribution is -1.99. The quantitative estimate of drug-likeness (QED) is 0.772. The first-order chi connectivity index (χ1) is 7.58. The first-order valence-electron chi connectivity index (χ1n) is 5.06. The zero-order valence-electron chi connectivity index (χ0n) is 9.85. The lowest BCUT2D eigenvalue weighted by Gasteiger charge is -2.10. The maximum Gasteiger partial charge on any atom is 0.340 e. The Kier molecular flexibility index (Phi) is 2.60. The Bertz CT molecular complexity index is 495. The SMILES string of the molecule is Cc1cc(C)c(Oc2nnnn2C)c(C)c1. The number of aromatic nitrogens is 4. The van der Waals surface area contributed by atoms with E-state index in [4.69, 9.17) is 4.74 Å². The zero-order valence-corrected chi connectivity index (χ0v) is 9.85. The van der Waals surface area contributed by atoms with Crippen molar-refractivity contribution in [3.8, 4) is 11.8 Å². The minimum Gasteiger partial charge on any atom is -0.423 e. The van der Waals surface area contributed by atoms with Crippen LogP contribution in [-0.2, 0) is 7.05 Å². The van der Waals surface area contributed by atoms with Crippen LogP contribution in [0.3, 0.4) is 0 Å². The Labute approximate surface area is 94.0 Å². The summed E-state index contributed by atoms with van der Waals surface area (Å²) in [4.78, 5) is 0. The Morgan fingerprint density at radius 1 is 1.12 bits per heavy atom. The Morgan fingerprint density at radius 2 is 1.75 bits per heavy atom. The second-order valence-corrected chi connectivity index (χ2v) is 3.91. The summed E-state index contributed by atoms with van der Waals surface area (Å²) < 4.78 is 7.19. The third-order valence-corrected chi connectivity index (χ3v) is 2.38. The first-order valence-corrected chi connectivity index (χ1v) is 5.06. The highest BCUT2D eigenvalue weighted by atomic mass is 16.5. The Balaban J connectivity index is 2.39. The van der Waals surface area contributed by atoms with E-state index in [1.807, 2.05) is 13.8 Å². The van der Waals surface area contributed by atoms with Crippen LogP contribution in [0.1, 0.15) is 16.7 Å². The Hall–Kier alpha value is -1.91. The molecule has 0 aliphatic rings. The molecule has 1 aromatic heterocycles. The van der Waals surface area contributed by atoms with E-state index in [-0.39, 0.29) is 0 Å². The van der Waals surface area contributed by atoms with Gasteiger partial charge < -0.3 is 4.74 Å². The number of hydrogen-bond donors (Lipinski definition) is 0. The topological polar surface area (TPSA) is 52.8 Å². The lowest BCUT2D eigenvalue weighted by atomic mass is 10.1. The van der Waals surface area contributed by atoms with Crippen LogP contribution in [0.5, 0.6) is 11.8 Å². The molecular weight excluding hydrogens is 204 g/mol. The van der Waals surface area contributed by atoms with Crippen molar-refractivity contribution < 1.29 is 4.74 Å². The molecule has 16 heavy (non-hydrogen) atoms. The third kappa shape index (κ3) is 1.88. The molecule has 1 aromatic carbocycles. The van der Waals surface area contributed by atoms with Crippen molar-refractivity contribution >= 4 is 0 Å². The van der Waals surface area contributed by atoms with Crippen LogP contribution in [0.4, 0.5) is 0 Å². The van der Waals surface area contributed by atoms with E-state index < -0.39 is 0 Å². The van der Waals surface area contributed by atoms with Gasteiger partial charge in [0.2, 0.25) is 0 Å². The van der Waals surface area contributed by atoms with Crippen molar-refractivity contribution in [3.05, 3.63) is 28.8 Å². The lowest BCUT2D eigenvalue weighted by molar-refractivity contribution is 0.409. The van der Waals surface area contributed by atoms with E-state index in [1.54, 1.807) is 7.05 Å². The summed E-state index contributed by atoms with van der Waals surface area (Å²) in [6.07, 6.45) is 0. The van der Waals surface area contributed by atoms with Gasteiger partial charge in [0, 0.05) is 7.05 Å². The normalized spacial score (nSPS) is 10.5. The smallest absolute Gasteiger partial charge is 0.340 e. The van der Waals surface area contributed by atoms with E-state index in [9.17, 15) is 0 Å². The van der Waals surface area contributed by atoms with E-state index in [0.29, 0.717) is 6.01 Å². The summed E-state index contributed by atoms with van der Waals surface area (Å²) in [5.41, 5.74) is 3.39. The molecule has 0 radical (unpaired) electrons. The van der Waals surface area contributed by atoms with Gasteiger partial charge in [0.1, 0.15) is 5.75 Å². The maximum atomic E-state index is 5.69. The van der Waals surface area contributed by atoms with Gasteiger partial charge in [0.25, 0.3) is 0 Å². The van der Waals surface area contributed by atoms with E-state index in [1.165, 1.54) is 10.2 Å². The molecule has 5 nitrogen and oxygen atoms in total. The number of aryl methyl sites for hydroxylation is 4. The van der Waals surface area contributed by atoms with Gasteiger partial charge in [-0.1, -0.05) is 22.8 Å². The largest absolute Gasteiger partial charge is 0.423 e. The minimum atomic E-state index is 0.398. The second kappa shape index (κ2) is 3.92. The van der Waals surface area contributed by atoms with Gasteiger partial charge in [-0.05, 0) is 42.3 Å². The van der Waals surface area contributed by atoms with Crippen LogP contribution < -0.4 is 4.74 Å². The summed E-state index contributed by atoms with van der Waals surface area (Å²) in [6, 6.07) is 4.55.